The average molecular weight is 299 g/mol. The highest BCUT2D eigenvalue weighted by atomic mass is 15.3. The van der Waals surface area contributed by atoms with Gasteiger partial charge in [-0.2, -0.15) is 5.26 Å². The molecule has 0 atom stereocenters. The maximum Gasteiger partial charge on any atom is 0.175 e. The van der Waals surface area contributed by atoms with Gasteiger partial charge in [0.25, 0.3) is 0 Å². The Hall–Kier alpha value is -3.39. The first-order valence-corrected chi connectivity index (χ1v) is 7.21. The van der Waals surface area contributed by atoms with Gasteiger partial charge in [0, 0.05) is 18.0 Å². The van der Waals surface area contributed by atoms with Crippen molar-refractivity contribution < 1.29 is 0 Å². The van der Waals surface area contributed by atoms with Crippen LogP contribution in [-0.4, -0.2) is 14.6 Å². The SMILES string of the molecule is Cc1ccc2ccccc2c1-c1cnc2c(C#N)c(N)nn2c1. The van der Waals surface area contributed by atoms with Gasteiger partial charge in [-0.05, 0) is 28.8 Å². The Labute approximate surface area is 132 Å². The number of aromatic nitrogens is 3. The number of rotatable bonds is 1. The molecule has 0 aliphatic rings. The summed E-state index contributed by atoms with van der Waals surface area (Å²) in [6.45, 7) is 2.07. The summed E-state index contributed by atoms with van der Waals surface area (Å²) in [5.41, 5.74) is 9.79. The molecule has 0 spiro atoms. The number of benzene rings is 2. The van der Waals surface area contributed by atoms with Crippen molar-refractivity contribution in [2.45, 2.75) is 6.92 Å². The van der Waals surface area contributed by atoms with Crippen LogP contribution < -0.4 is 5.73 Å². The molecule has 0 unspecified atom stereocenters. The van der Waals surface area contributed by atoms with E-state index >= 15 is 0 Å². The highest BCUT2D eigenvalue weighted by Gasteiger charge is 2.13. The molecule has 2 aromatic carbocycles. The van der Waals surface area contributed by atoms with Gasteiger partial charge >= 0.3 is 0 Å². The first-order chi connectivity index (χ1) is 11.2. The molecule has 0 bridgehead atoms. The second kappa shape index (κ2) is 4.82. The van der Waals surface area contributed by atoms with Gasteiger partial charge in [-0.25, -0.2) is 9.50 Å². The van der Waals surface area contributed by atoms with E-state index in [4.69, 9.17) is 11.0 Å². The van der Waals surface area contributed by atoms with Gasteiger partial charge in [-0.15, -0.1) is 5.10 Å². The zero-order valence-electron chi connectivity index (χ0n) is 12.5. The van der Waals surface area contributed by atoms with Crippen LogP contribution in [0.15, 0.2) is 48.8 Å². The molecule has 0 aliphatic heterocycles. The number of nitrogen functional groups attached to an aromatic ring is 1. The molecule has 23 heavy (non-hydrogen) atoms. The van der Waals surface area contributed by atoms with E-state index in [0.717, 1.165) is 22.1 Å². The van der Waals surface area contributed by atoms with Crippen LogP contribution in [0.5, 0.6) is 0 Å². The maximum atomic E-state index is 9.15. The van der Waals surface area contributed by atoms with E-state index < -0.39 is 0 Å². The van der Waals surface area contributed by atoms with Gasteiger partial charge in [0.1, 0.15) is 11.6 Å². The van der Waals surface area contributed by atoms with Crippen LogP contribution in [0.4, 0.5) is 5.82 Å². The summed E-state index contributed by atoms with van der Waals surface area (Å²) in [5.74, 6) is 0.201. The molecule has 5 heteroatoms. The van der Waals surface area contributed by atoms with E-state index in [9.17, 15) is 0 Å². The minimum absolute atomic E-state index is 0.201. The molecule has 0 radical (unpaired) electrons. The van der Waals surface area contributed by atoms with Crippen molar-refractivity contribution >= 4 is 22.2 Å². The molecule has 2 N–H and O–H groups in total. The average Bonchev–Trinajstić information content (AvgIpc) is 2.88. The van der Waals surface area contributed by atoms with E-state index in [1.165, 1.54) is 5.39 Å². The lowest BCUT2D eigenvalue weighted by Gasteiger charge is -2.10. The quantitative estimate of drug-likeness (QED) is 0.584. The van der Waals surface area contributed by atoms with Crippen LogP contribution in [0.2, 0.25) is 0 Å². The topological polar surface area (TPSA) is 80.0 Å². The smallest absolute Gasteiger partial charge is 0.175 e. The standard InChI is InChI=1S/C18H13N5/c1-11-6-7-12-4-2-3-5-14(12)16(11)13-9-21-18-15(8-19)17(20)22-23(18)10-13/h2-7,9-10H,1H3,(H2,20,22). The molecule has 0 aliphatic carbocycles. The van der Waals surface area contributed by atoms with Gasteiger partial charge < -0.3 is 5.73 Å². The number of hydrogen-bond donors (Lipinski definition) is 1. The van der Waals surface area contributed by atoms with Gasteiger partial charge in [0.15, 0.2) is 11.5 Å². The first kappa shape index (κ1) is 13.3. The molecule has 4 aromatic rings. The molecule has 0 saturated carbocycles. The number of nitriles is 1. The van der Waals surface area contributed by atoms with Crippen molar-refractivity contribution in [1.82, 2.24) is 14.6 Å². The van der Waals surface area contributed by atoms with Crippen LogP contribution >= 0.6 is 0 Å². The summed E-state index contributed by atoms with van der Waals surface area (Å²) in [4.78, 5) is 4.40. The van der Waals surface area contributed by atoms with Gasteiger partial charge in [-0.3, -0.25) is 0 Å². The lowest BCUT2D eigenvalue weighted by Crippen LogP contribution is -1.94. The molecule has 0 saturated heterocycles. The van der Waals surface area contributed by atoms with Crippen molar-refractivity contribution in [3.05, 3.63) is 59.9 Å². The van der Waals surface area contributed by atoms with E-state index in [2.05, 4.69) is 41.3 Å². The Bertz CT molecular complexity index is 1100. The monoisotopic (exact) mass is 299 g/mol. The number of anilines is 1. The Morgan fingerprint density at radius 1 is 1.17 bits per heavy atom. The highest BCUT2D eigenvalue weighted by Crippen LogP contribution is 2.32. The zero-order chi connectivity index (χ0) is 16.0. The molecular weight excluding hydrogens is 286 g/mol. The molecule has 4 rings (SSSR count). The van der Waals surface area contributed by atoms with Gasteiger partial charge in [0.2, 0.25) is 0 Å². The molecule has 0 fully saturated rings. The van der Waals surface area contributed by atoms with Crippen molar-refractivity contribution in [3.8, 4) is 17.2 Å². The van der Waals surface area contributed by atoms with E-state index in [0.29, 0.717) is 11.2 Å². The third-order valence-corrected chi connectivity index (χ3v) is 4.04. The molecular formula is C18H13N5. The summed E-state index contributed by atoms with van der Waals surface area (Å²) in [7, 11) is 0. The molecule has 5 nitrogen and oxygen atoms in total. The van der Waals surface area contributed by atoms with E-state index in [1.54, 1.807) is 10.7 Å². The highest BCUT2D eigenvalue weighted by molar-refractivity contribution is 5.98. The number of nitrogens with zero attached hydrogens (tertiary/aromatic N) is 4. The fourth-order valence-electron chi connectivity index (χ4n) is 2.95. The molecule has 0 amide bonds. The predicted molar refractivity (Wildman–Crippen MR) is 89.8 cm³/mol. The third kappa shape index (κ3) is 1.93. The van der Waals surface area contributed by atoms with E-state index in [-0.39, 0.29) is 5.82 Å². The normalized spacial score (nSPS) is 11.0. The van der Waals surface area contributed by atoms with Gasteiger partial charge in [-0.1, -0.05) is 36.4 Å². The van der Waals surface area contributed by atoms with Crippen molar-refractivity contribution in [2.75, 3.05) is 5.73 Å². The Morgan fingerprint density at radius 3 is 2.83 bits per heavy atom. The second-order valence-corrected chi connectivity index (χ2v) is 5.46. The van der Waals surface area contributed by atoms with E-state index in [1.807, 2.05) is 24.4 Å². The lowest BCUT2D eigenvalue weighted by atomic mass is 9.96. The Morgan fingerprint density at radius 2 is 2.00 bits per heavy atom. The number of aryl methyl sites for hydroxylation is 1. The predicted octanol–water partition coefficient (Wildman–Crippen LogP) is 3.31. The molecule has 110 valence electrons. The van der Waals surface area contributed by atoms with Crippen molar-refractivity contribution in [1.29, 1.82) is 5.26 Å². The van der Waals surface area contributed by atoms with Crippen LogP contribution in [0.1, 0.15) is 11.1 Å². The summed E-state index contributed by atoms with van der Waals surface area (Å²) in [6.07, 6.45) is 3.64. The van der Waals surface area contributed by atoms with Crippen LogP contribution in [0.25, 0.3) is 27.5 Å². The fourth-order valence-corrected chi connectivity index (χ4v) is 2.95. The Kier molecular flexibility index (Phi) is 2.78. The summed E-state index contributed by atoms with van der Waals surface area (Å²) < 4.78 is 1.57. The minimum Gasteiger partial charge on any atom is -0.381 e. The van der Waals surface area contributed by atoms with Crippen LogP contribution in [0.3, 0.4) is 0 Å². The number of hydrogen-bond acceptors (Lipinski definition) is 4. The summed E-state index contributed by atoms with van der Waals surface area (Å²) in [6, 6.07) is 14.5. The molecule has 2 heterocycles. The fraction of sp³-hybridized carbons (Fsp3) is 0.0556. The summed E-state index contributed by atoms with van der Waals surface area (Å²) >= 11 is 0. The number of fused-ring (bicyclic) bond motifs is 2. The Balaban J connectivity index is 2.04. The largest absolute Gasteiger partial charge is 0.381 e. The minimum atomic E-state index is 0.201. The lowest BCUT2D eigenvalue weighted by molar-refractivity contribution is 0.947. The van der Waals surface area contributed by atoms with Crippen molar-refractivity contribution in [3.63, 3.8) is 0 Å². The number of nitrogens with two attached hydrogens (primary N) is 1. The molecule has 2 aromatic heterocycles. The third-order valence-electron chi connectivity index (χ3n) is 4.04. The second-order valence-electron chi connectivity index (χ2n) is 5.46. The zero-order valence-corrected chi connectivity index (χ0v) is 12.5. The van der Waals surface area contributed by atoms with Gasteiger partial charge in [0.05, 0.1) is 0 Å². The van der Waals surface area contributed by atoms with Crippen LogP contribution in [-0.2, 0) is 0 Å². The summed E-state index contributed by atoms with van der Waals surface area (Å²) in [5, 5.41) is 15.7. The van der Waals surface area contributed by atoms with Crippen LogP contribution in [0, 0.1) is 18.3 Å². The van der Waals surface area contributed by atoms with Crippen molar-refractivity contribution in [2.24, 2.45) is 0 Å². The maximum absolute atomic E-state index is 9.15. The first-order valence-electron chi connectivity index (χ1n) is 7.21.